The van der Waals surface area contributed by atoms with Gasteiger partial charge >= 0.3 is 5.97 Å². The molecule has 2 aromatic rings. The van der Waals surface area contributed by atoms with E-state index in [1.165, 1.54) is 19.3 Å². The minimum atomic E-state index is -0.598. The third-order valence-electron chi connectivity index (χ3n) is 5.01. The summed E-state index contributed by atoms with van der Waals surface area (Å²) >= 11 is 7.02. The summed E-state index contributed by atoms with van der Waals surface area (Å²) in [6.07, 6.45) is 2.34. The molecule has 2 aromatic carbocycles. The number of ether oxygens (including phenoxy) is 3. The van der Waals surface area contributed by atoms with Crippen LogP contribution in [-0.2, 0) is 25.5 Å². The molecule has 1 saturated heterocycles. The molecule has 1 fully saturated rings. The highest BCUT2D eigenvalue weighted by Gasteiger charge is 2.36. The number of benzene rings is 2. The second-order valence-electron chi connectivity index (χ2n) is 7.49. The van der Waals surface area contributed by atoms with Gasteiger partial charge in [-0.15, -0.1) is 0 Å². The van der Waals surface area contributed by atoms with Gasteiger partial charge in [0, 0.05) is 5.69 Å². The molecule has 190 valence electrons. The molecule has 3 rings (SSSR count). The molecule has 36 heavy (non-hydrogen) atoms. The average Bonchev–Trinajstić information content (AvgIpc) is 3.10. The van der Waals surface area contributed by atoms with Gasteiger partial charge in [-0.1, -0.05) is 30.7 Å². The maximum Gasteiger partial charge on any atom is 0.344 e. The van der Waals surface area contributed by atoms with Crippen molar-refractivity contribution in [3.8, 4) is 11.5 Å². The number of aryl methyl sites for hydroxylation is 1. The number of esters is 1. The summed E-state index contributed by atoms with van der Waals surface area (Å²) in [5, 5.41) is 2.26. The second kappa shape index (κ2) is 12.5. The second-order valence-corrected chi connectivity index (χ2v) is 8.89. The summed E-state index contributed by atoms with van der Waals surface area (Å²) < 4.78 is 15.6. The van der Waals surface area contributed by atoms with E-state index in [1.54, 1.807) is 25.1 Å². The van der Waals surface area contributed by atoms with Gasteiger partial charge in [-0.25, -0.2) is 4.79 Å². The topological polar surface area (TPSA) is 111 Å². The predicted molar refractivity (Wildman–Crippen MR) is 137 cm³/mol. The van der Waals surface area contributed by atoms with Gasteiger partial charge in [-0.2, -0.15) is 0 Å². The van der Waals surface area contributed by atoms with Crippen LogP contribution in [0, 0.1) is 0 Å². The van der Waals surface area contributed by atoms with Crippen molar-refractivity contribution in [1.29, 1.82) is 0 Å². The molecule has 0 saturated carbocycles. The molecule has 0 atom stereocenters. The first-order chi connectivity index (χ1) is 17.2. The number of halogens is 1. The smallest absolute Gasteiger partial charge is 0.344 e. The standard InChI is InChI=1S/C25H25ClN2O7S/c1-4-15-6-8-17(9-7-15)27-21(29)13-28-24(31)20(36-25(28)32)12-16-10-18(26)23(19(11-16)33-3)35-14-22(30)34-5-2/h6-12H,4-5,13-14H2,1-3H3,(H,27,29)/b20-12-. The summed E-state index contributed by atoms with van der Waals surface area (Å²) in [7, 11) is 1.40. The molecule has 1 aliphatic rings. The van der Waals surface area contributed by atoms with Gasteiger partial charge in [0.2, 0.25) is 5.91 Å². The Morgan fingerprint density at radius 3 is 2.50 bits per heavy atom. The number of amides is 3. The van der Waals surface area contributed by atoms with E-state index in [4.69, 9.17) is 25.8 Å². The van der Waals surface area contributed by atoms with Crippen LogP contribution >= 0.6 is 23.4 Å². The van der Waals surface area contributed by atoms with Crippen LogP contribution in [0.4, 0.5) is 10.5 Å². The van der Waals surface area contributed by atoms with Crippen LogP contribution in [0.1, 0.15) is 25.0 Å². The maximum absolute atomic E-state index is 12.8. The van der Waals surface area contributed by atoms with Crippen molar-refractivity contribution >= 4 is 58.1 Å². The summed E-state index contributed by atoms with van der Waals surface area (Å²) in [6, 6.07) is 10.4. The quantitative estimate of drug-likeness (QED) is 0.351. The van der Waals surface area contributed by atoms with Crippen LogP contribution in [-0.4, -0.2) is 54.8 Å². The van der Waals surface area contributed by atoms with Crippen molar-refractivity contribution < 1.29 is 33.4 Å². The van der Waals surface area contributed by atoms with Gasteiger partial charge in [0.05, 0.1) is 23.6 Å². The maximum atomic E-state index is 12.8. The minimum absolute atomic E-state index is 0.124. The summed E-state index contributed by atoms with van der Waals surface area (Å²) in [6.45, 7) is 3.16. The predicted octanol–water partition coefficient (Wildman–Crippen LogP) is 4.53. The van der Waals surface area contributed by atoms with Crippen molar-refractivity contribution in [2.24, 2.45) is 0 Å². The number of anilines is 1. The SMILES string of the molecule is CCOC(=O)COc1c(Cl)cc(/C=C2\SC(=O)N(CC(=O)Nc3ccc(CC)cc3)C2=O)cc1OC. The van der Waals surface area contributed by atoms with Crippen molar-refractivity contribution in [3.63, 3.8) is 0 Å². The number of nitrogens with one attached hydrogen (secondary N) is 1. The summed E-state index contributed by atoms with van der Waals surface area (Å²) in [5.41, 5.74) is 2.16. The third-order valence-corrected chi connectivity index (χ3v) is 6.20. The lowest BCUT2D eigenvalue weighted by atomic mass is 10.1. The number of rotatable bonds is 10. The molecule has 0 spiro atoms. The van der Waals surface area contributed by atoms with Crippen LogP contribution in [0.5, 0.6) is 11.5 Å². The highest BCUT2D eigenvalue weighted by atomic mass is 35.5. The Morgan fingerprint density at radius 2 is 1.86 bits per heavy atom. The number of methoxy groups -OCH3 is 1. The van der Waals surface area contributed by atoms with Gasteiger partial charge < -0.3 is 19.5 Å². The fraction of sp³-hybridized carbons (Fsp3) is 0.280. The fourth-order valence-electron chi connectivity index (χ4n) is 3.25. The largest absolute Gasteiger partial charge is 0.493 e. The fourth-order valence-corrected chi connectivity index (χ4v) is 4.36. The summed E-state index contributed by atoms with van der Waals surface area (Å²) in [4.78, 5) is 50.3. The molecule has 1 aliphatic heterocycles. The molecule has 0 radical (unpaired) electrons. The van der Waals surface area contributed by atoms with Crippen molar-refractivity contribution in [2.45, 2.75) is 20.3 Å². The molecule has 0 aliphatic carbocycles. The average molecular weight is 533 g/mol. The zero-order valence-corrected chi connectivity index (χ0v) is 21.5. The first-order valence-electron chi connectivity index (χ1n) is 11.1. The van der Waals surface area contributed by atoms with Crippen molar-refractivity contribution in [3.05, 3.63) is 57.5 Å². The minimum Gasteiger partial charge on any atom is -0.493 e. The molecule has 3 amide bonds. The van der Waals surface area contributed by atoms with Gasteiger partial charge in [-0.3, -0.25) is 19.3 Å². The van der Waals surface area contributed by atoms with E-state index in [2.05, 4.69) is 5.32 Å². The van der Waals surface area contributed by atoms with E-state index in [-0.39, 0.29) is 34.6 Å². The molecule has 0 aromatic heterocycles. The van der Waals surface area contributed by atoms with Gasteiger partial charge in [0.15, 0.2) is 18.1 Å². The van der Waals surface area contributed by atoms with Crippen LogP contribution < -0.4 is 14.8 Å². The van der Waals surface area contributed by atoms with E-state index < -0.39 is 29.6 Å². The molecule has 1 heterocycles. The zero-order valence-electron chi connectivity index (χ0n) is 20.0. The van der Waals surface area contributed by atoms with Gasteiger partial charge in [0.25, 0.3) is 11.1 Å². The normalized spacial score (nSPS) is 14.2. The monoisotopic (exact) mass is 532 g/mol. The Labute approximate surface area is 217 Å². The van der Waals surface area contributed by atoms with Crippen LogP contribution in [0.2, 0.25) is 5.02 Å². The first kappa shape index (κ1) is 27.1. The number of hydrogen-bond acceptors (Lipinski definition) is 8. The number of carbonyl (C=O) groups excluding carboxylic acids is 4. The number of imide groups is 1. The number of carbonyl (C=O) groups is 4. The number of nitrogens with zero attached hydrogens (tertiary/aromatic N) is 1. The van der Waals surface area contributed by atoms with Gasteiger partial charge in [0.1, 0.15) is 6.54 Å². The van der Waals surface area contributed by atoms with E-state index in [0.29, 0.717) is 23.0 Å². The highest BCUT2D eigenvalue weighted by molar-refractivity contribution is 8.18. The lowest BCUT2D eigenvalue weighted by Crippen LogP contribution is -2.36. The third kappa shape index (κ3) is 6.79. The Balaban J connectivity index is 1.70. The molecule has 11 heteroatoms. The number of thioether (sulfide) groups is 1. The summed E-state index contributed by atoms with van der Waals surface area (Å²) in [5.74, 6) is -1.28. The molecular weight excluding hydrogens is 508 g/mol. The molecular formula is C25H25ClN2O7S. The van der Waals surface area contributed by atoms with Crippen LogP contribution in [0.25, 0.3) is 6.08 Å². The lowest BCUT2D eigenvalue weighted by molar-refractivity contribution is -0.145. The zero-order chi connectivity index (χ0) is 26.2. The van der Waals surface area contributed by atoms with Crippen LogP contribution in [0.3, 0.4) is 0 Å². The molecule has 1 N–H and O–H groups in total. The Hall–Kier alpha value is -3.50. The van der Waals surface area contributed by atoms with E-state index in [1.807, 2.05) is 19.1 Å². The van der Waals surface area contributed by atoms with Crippen molar-refractivity contribution in [2.75, 3.05) is 32.2 Å². The van der Waals surface area contributed by atoms with E-state index in [0.717, 1.165) is 16.9 Å². The van der Waals surface area contributed by atoms with E-state index >= 15 is 0 Å². The van der Waals surface area contributed by atoms with E-state index in [9.17, 15) is 19.2 Å². The van der Waals surface area contributed by atoms with Crippen LogP contribution in [0.15, 0.2) is 41.3 Å². The highest BCUT2D eigenvalue weighted by Crippen LogP contribution is 2.39. The van der Waals surface area contributed by atoms with Crippen molar-refractivity contribution in [1.82, 2.24) is 4.90 Å². The number of hydrogen-bond donors (Lipinski definition) is 1. The first-order valence-corrected chi connectivity index (χ1v) is 12.2. The molecule has 0 unspecified atom stereocenters. The Kier molecular flexibility index (Phi) is 9.38. The molecule has 0 bridgehead atoms. The Bertz CT molecular complexity index is 1200. The van der Waals surface area contributed by atoms with Gasteiger partial charge in [-0.05, 0) is 66.6 Å². The Morgan fingerprint density at radius 1 is 1.14 bits per heavy atom. The molecule has 9 nitrogen and oxygen atoms in total. The lowest BCUT2D eigenvalue weighted by Gasteiger charge is -2.13.